The first kappa shape index (κ1) is 19.4. The minimum Gasteiger partial charge on any atom is -0.497 e. The molecule has 1 saturated heterocycles. The van der Waals surface area contributed by atoms with Crippen molar-refractivity contribution >= 4 is 16.9 Å². The number of hydrogen-bond acceptors (Lipinski definition) is 5. The SMILES string of the molecule is COc1ccc2c(C)c(CCC(=O)NCC3(C)CCNCC3)c(=O)oc2c1. The number of methoxy groups -OCH3 is 1. The first-order valence-corrected chi connectivity index (χ1v) is 9.50. The molecule has 0 unspecified atom stereocenters. The summed E-state index contributed by atoms with van der Waals surface area (Å²) in [6.45, 7) is 6.78. The fraction of sp³-hybridized carbons (Fsp3) is 0.524. The van der Waals surface area contributed by atoms with Gasteiger partial charge < -0.3 is 19.8 Å². The van der Waals surface area contributed by atoms with Crippen LogP contribution in [0.2, 0.25) is 0 Å². The van der Waals surface area contributed by atoms with E-state index >= 15 is 0 Å². The molecule has 3 rings (SSSR count). The summed E-state index contributed by atoms with van der Waals surface area (Å²) in [7, 11) is 1.57. The number of hydrogen-bond donors (Lipinski definition) is 2. The van der Waals surface area contributed by atoms with Crippen molar-refractivity contribution in [2.75, 3.05) is 26.7 Å². The molecule has 2 aromatic rings. The fourth-order valence-electron chi connectivity index (χ4n) is 3.64. The molecule has 0 bridgehead atoms. The van der Waals surface area contributed by atoms with E-state index in [2.05, 4.69) is 17.6 Å². The van der Waals surface area contributed by atoms with Crippen LogP contribution in [0.15, 0.2) is 27.4 Å². The molecule has 1 fully saturated rings. The van der Waals surface area contributed by atoms with Crippen LogP contribution in [0.1, 0.15) is 37.3 Å². The summed E-state index contributed by atoms with van der Waals surface area (Å²) in [6.07, 6.45) is 2.77. The Morgan fingerprint density at radius 3 is 2.78 bits per heavy atom. The van der Waals surface area contributed by atoms with Crippen molar-refractivity contribution in [3.63, 3.8) is 0 Å². The third-order valence-corrected chi connectivity index (χ3v) is 5.62. The van der Waals surface area contributed by atoms with E-state index in [1.165, 1.54) is 0 Å². The maximum Gasteiger partial charge on any atom is 0.339 e. The van der Waals surface area contributed by atoms with Gasteiger partial charge in [-0.1, -0.05) is 6.92 Å². The summed E-state index contributed by atoms with van der Waals surface area (Å²) in [5, 5.41) is 7.25. The van der Waals surface area contributed by atoms with Crippen LogP contribution in [0.4, 0.5) is 0 Å². The van der Waals surface area contributed by atoms with E-state index in [1.807, 2.05) is 19.1 Å². The van der Waals surface area contributed by atoms with E-state index in [9.17, 15) is 9.59 Å². The van der Waals surface area contributed by atoms with Crippen molar-refractivity contribution in [3.8, 4) is 5.75 Å². The van der Waals surface area contributed by atoms with Crippen molar-refractivity contribution in [3.05, 3.63) is 39.7 Å². The number of carbonyl (C=O) groups excluding carboxylic acids is 1. The molecular formula is C21H28N2O4. The lowest BCUT2D eigenvalue weighted by molar-refractivity contribution is -0.121. The first-order valence-electron chi connectivity index (χ1n) is 9.50. The minimum absolute atomic E-state index is 0.0246. The van der Waals surface area contributed by atoms with Crippen molar-refractivity contribution in [2.24, 2.45) is 5.41 Å². The maximum atomic E-state index is 12.4. The molecule has 0 aliphatic carbocycles. The monoisotopic (exact) mass is 372 g/mol. The van der Waals surface area contributed by atoms with E-state index < -0.39 is 0 Å². The Balaban J connectivity index is 1.66. The zero-order valence-electron chi connectivity index (χ0n) is 16.3. The fourth-order valence-corrected chi connectivity index (χ4v) is 3.64. The zero-order valence-corrected chi connectivity index (χ0v) is 16.3. The number of benzene rings is 1. The smallest absolute Gasteiger partial charge is 0.339 e. The Labute approximate surface area is 159 Å². The molecule has 27 heavy (non-hydrogen) atoms. The number of nitrogens with one attached hydrogen (secondary N) is 2. The lowest BCUT2D eigenvalue weighted by atomic mass is 9.81. The van der Waals surface area contributed by atoms with Gasteiger partial charge in [-0.2, -0.15) is 0 Å². The Morgan fingerprint density at radius 2 is 2.07 bits per heavy atom. The van der Waals surface area contributed by atoms with Gasteiger partial charge in [0.15, 0.2) is 0 Å². The highest BCUT2D eigenvalue weighted by Gasteiger charge is 2.27. The molecule has 0 atom stereocenters. The zero-order chi connectivity index (χ0) is 19.4. The van der Waals surface area contributed by atoms with E-state index in [0.717, 1.165) is 36.9 Å². The molecule has 6 heteroatoms. The Kier molecular flexibility index (Phi) is 5.85. The largest absolute Gasteiger partial charge is 0.497 e. The van der Waals surface area contributed by atoms with Crippen molar-refractivity contribution < 1.29 is 13.9 Å². The van der Waals surface area contributed by atoms with Crippen molar-refractivity contribution in [1.82, 2.24) is 10.6 Å². The second-order valence-corrected chi connectivity index (χ2v) is 7.69. The van der Waals surface area contributed by atoms with E-state index in [-0.39, 0.29) is 23.4 Å². The standard InChI is InChI=1S/C21H28N2O4/c1-14-16-5-4-15(26-3)12-18(16)27-20(25)17(14)6-7-19(24)23-13-21(2)8-10-22-11-9-21/h4-5,12,22H,6-11,13H2,1-3H3,(H,23,24). The van der Waals surface area contributed by atoms with Gasteiger partial charge in [-0.05, 0) is 62.4 Å². The highest BCUT2D eigenvalue weighted by Crippen LogP contribution is 2.27. The number of rotatable bonds is 6. The van der Waals surface area contributed by atoms with Crippen LogP contribution >= 0.6 is 0 Å². The molecule has 2 N–H and O–H groups in total. The van der Waals surface area contributed by atoms with Gasteiger partial charge >= 0.3 is 5.63 Å². The van der Waals surface area contributed by atoms with Gasteiger partial charge in [-0.3, -0.25) is 4.79 Å². The molecule has 0 spiro atoms. The first-order chi connectivity index (χ1) is 12.9. The van der Waals surface area contributed by atoms with Crippen LogP contribution in [0.3, 0.4) is 0 Å². The van der Waals surface area contributed by atoms with Gasteiger partial charge in [0.25, 0.3) is 0 Å². The average Bonchev–Trinajstić information content (AvgIpc) is 2.66. The van der Waals surface area contributed by atoms with Crippen LogP contribution in [-0.2, 0) is 11.2 Å². The molecule has 1 aromatic heterocycles. The molecule has 146 valence electrons. The van der Waals surface area contributed by atoms with E-state index in [1.54, 1.807) is 13.2 Å². The van der Waals surface area contributed by atoms with Crippen molar-refractivity contribution in [2.45, 2.75) is 39.5 Å². The van der Waals surface area contributed by atoms with Gasteiger partial charge in [-0.15, -0.1) is 0 Å². The van der Waals surface area contributed by atoms with E-state index in [0.29, 0.717) is 29.9 Å². The predicted octanol–water partition coefficient (Wildman–Crippen LogP) is 2.55. The molecule has 1 aromatic carbocycles. The number of ether oxygens (including phenoxy) is 1. The van der Waals surface area contributed by atoms with Gasteiger partial charge in [0.1, 0.15) is 11.3 Å². The highest BCUT2D eigenvalue weighted by molar-refractivity contribution is 5.82. The average molecular weight is 372 g/mol. The molecule has 1 aliphatic heterocycles. The second-order valence-electron chi connectivity index (χ2n) is 7.69. The normalized spacial score (nSPS) is 16.3. The van der Waals surface area contributed by atoms with Crippen LogP contribution in [0.5, 0.6) is 5.75 Å². The molecule has 1 amide bonds. The summed E-state index contributed by atoms with van der Waals surface area (Å²) in [4.78, 5) is 24.7. The highest BCUT2D eigenvalue weighted by atomic mass is 16.5. The topological polar surface area (TPSA) is 80.6 Å². The minimum atomic E-state index is -0.383. The second kappa shape index (κ2) is 8.13. The molecule has 2 heterocycles. The van der Waals surface area contributed by atoms with Crippen molar-refractivity contribution in [1.29, 1.82) is 0 Å². The Hall–Kier alpha value is -2.34. The summed E-state index contributed by atoms with van der Waals surface area (Å²) >= 11 is 0. The Bertz CT molecular complexity index is 882. The molecule has 0 radical (unpaired) electrons. The van der Waals surface area contributed by atoms with Crippen LogP contribution in [0.25, 0.3) is 11.0 Å². The van der Waals surface area contributed by atoms with Gasteiger partial charge in [0.05, 0.1) is 7.11 Å². The summed E-state index contributed by atoms with van der Waals surface area (Å²) in [6, 6.07) is 5.43. The lowest BCUT2D eigenvalue weighted by Crippen LogP contribution is -2.43. The molecule has 0 saturated carbocycles. The summed E-state index contributed by atoms with van der Waals surface area (Å²) in [5.41, 5.74) is 1.70. The number of carbonyl (C=O) groups is 1. The molecule has 6 nitrogen and oxygen atoms in total. The molecule has 1 aliphatic rings. The van der Waals surface area contributed by atoms with Gasteiger partial charge in [0, 0.05) is 30.0 Å². The van der Waals surface area contributed by atoms with Crippen LogP contribution < -0.4 is 21.0 Å². The maximum absolute atomic E-state index is 12.4. The quantitative estimate of drug-likeness (QED) is 0.762. The van der Waals surface area contributed by atoms with Crippen LogP contribution in [-0.4, -0.2) is 32.7 Å². The van der Waals surface area contributed by atoms with Gasteiger partial charge in [-0.25, -0.2) is 4.79 Å². The Morgan fingerprint density at radius 1 is 1.33 bits per heavy atom. The van der Waals surface area contributed by atoms with Gasteiger partial charge in [0.2, 0.25) is 5.91 Å². The third-order valence-electron chi connectivity index (χ3n) is 5.62. The number of fused-ring (bicyclic) bond motifs is 1. The number of amides is 1. The van der Waals surface area contributed by atoms with E-state index in [4.69, 9.17) is 9.15 Å². The number of piperidine rings is 1. The summed E-state index contributed by atoms with van der Waals surface area (Å²) in [5.74, 6) is 0.618. The predicted molar refractivity (Wildman–Crippen MR) is 105 cm³/mol. The third kappa shape index (κ3) is 4.50. The lowest BCUT2D eigenvalue weighted by Gasteiger charge is -2.34. The molecular weight excluding hydrogens is 344 g/mol. The number of aryl methyl sites for hydroxylation is 1. The summed E-state index contributed by atoms with van der Waals surface area (Å²) < 4.78 is 10.6. The van der Waals surface area contributed by atoms with Crippen LogP contribution in [0, 0.1) is 12.3 Å².